The van der Waals surface area contributed by atoms with Crippen molar-refractivity contribution >= 4 is 8.60 Å². The molecule has 0 spiro atoms. The lowest BCUT2D eigenvalue weighted by atomic mass is 9.74. The summed E-state index contributed by atoms with van der Waals surface area (Å²) in [7, 11) is -1.59. The molecule has 36 heavy (non-hydrogen) atoms. The molecule has 5 heteroatoms. The molecule has 0 aliphatic carbocycles. The lowest BCUT2D eigenvalue weighted by molar-refractivity contribution is 0.199. The third kappa shape index (κ3) is 6.33. The Morgan fingerprint density at radius 3 is 1.69 bits per heavy atom. The lowest BCUT2D eigenvalue weighted by Crippen LogP contribution is -2.22. The summed E-state index contributed by atoms with van der Waals surface area (Å²) >= 11 is 0. The molecule has 0 saturated carbocycles. The molecule has 2 aromatic carbocycles. The van der Waals surface area contributed by atoms with Crippen molar-refractivity contribution in [1.29, 1.82) is 0 Å². The summed E-state index contributed by atoms with van der Waals surface area (Å²) in [6.45, 7) is 28.5. The second-order valence-corrected chi connectivity index (χ2v) is 15.3. The van der Waals surface area contributed by atoms with E-state index >= 15 is 0 Å². The molecule has 0 amide bonds. The van der Waals surface area contributed by atoms with Crippen LogP contribution < -0.4 is 10.3 Å². The van der Waals surface area contributed by atoms with Gasteiger partial charge in [-0.15, -0.1) is 0 Å². The Hall–Kier alpha value is -1.45. The molecular weight excluding hydrogens is 465 g/mol. The number of hydrogen-bond donors (Lipinski definition) is 1. The fourth-order valence-electron chi connectivity index (χ4n) is 4.50. The number of benzene rings is 2. The van der Waals surface area contributed by atoms with E-state index in [0.29, 0.717) is 19.8 Å². The first-order valence-electron chi connectivity index (χ1n) is 13.2. The topological polar surface area (TPSA) is 53.7 Å². The predicted octanol–water partition coefficient (Wildman–Crippen LogP) is 8.65. The highest BCUT2D eigenvalue weighted by molar-refractivity contribution is 7.42. The largest absolute Gasteiger partial charge is 0.426 e. The van der Waals surface area contributed by atoms with E-state index in [9.17, 15) is 0 Å². The molecule has 1 atom stereocenters. The Balaban J connectivity index is 2.49. The summed E-state index contributed by atoms with van der Waals surface area (Å²) in [6, 6.07) is 9.40. The number of nitrogens with two attached hydrogens (primary N) is 1. The van der Waals surface area contributed by atoms with Crippen LogP contribution in [0.15, 0.2) is 24.3 Å². The summed E-state index contributed by atoms with van der Waals surface area (Å²) in [4.78, 5) is 0. The molecule has 1 aliphatic heterocycles. The molecular formula is C31H48NO3P. The second kappa shape index (κ2) is 10.0. The molecule has 0 fully saturated rings. The van der Waals surface area contributed by atoms with E-state index < -0.39 is 8.60 Å². The average Bonchev–Trinajstić information content (AvgIpc) is 2.70. The van der Waals surface area contributed by atoms with Gasteiger partial charge in [0.1, 0.15) is 5.75 Å². The zero-order valence-corrected chi connectivity index (χ0v) is 25.6. The molecule has 2 aromatic rings. The molecule has 4 nitrogen and oxygen atoms in total. The van der Waals surface area contributed by atoms with Crippen LogP contribution >= 0.6 is 8.60 Å². The third-order valence-corrected chi connectivity index (χ3v) is 7.84. The van der Waals surface area contributed by atoms with Crippen LogP contribution in [0.25, 0.3) is 11.1 Å². The van der Waals surface area contributed by atoms with Crippen molar-refractivity contribution < 1.29 is 13.6 Å². The highest BCUT2D eigenvalue weighted by Crippen LogP contribution is 2.54. The standard InChI is InChI=1S/C31H48NO3P/c1-28(2,3)20-15-22-23-16-21(29(4,5)6)18-26(31(10,11)12)27(23)35-36(33-14-13-32)34-19-24(22)25(17-20)30(7,8)9/h15-18H,13-14,19,32H2,1-12H3. The van der Waals surface area contributed by atoms with E-state index in [1.165, 1.54) is 33.4 Å². The van der Waals surface area contributed by atoms with Gasteiger partial charge in [0.05, 0.1) is 13.2 Å². The SMILES string of the molecule is CC(C)(C)c1cc2c(c(C(C)(C)C)c1)COP(OCCN)Oc1c-2cc(C(C)(C)C)cc1C(C)(C)C. The Morgan fingerprint density at radius 1 is 0.722 bits per heavy atom. The van der Waals surface area contributed by atoms with Crippen LogP contribution in [0.5, 0.6) is 5.75 Å². The van der Waals surface area contributed by atoms with Crippen molar-refractivity contribution in [3.05, 3.63) is 52.1 Å². The zero-order chi connectivity index (χ0) is 27.3. The van der Waals surface area contributed by atoms with Crippen molar-refractivity contribution in [2.45, 2.75) is 111 Å². The zero-order valence-electron chi connectivity index (χ0n) is 24.7. The molecule has 3 rings (SSSR count). The quantitative estimate of drug-likeness (QED) is 0.417. The van der Waals surface area contributed by atoms with Gasteiger partial charge in [-0.3, -0.25) is 4.52 Å². The first kappa shape index (κ1) is 29.1. The van der Waals surface area contributed by atoms with Gasteiger partial charge in [0.2, 0.25) is 0 Å². The van der Waals surface area contributed by atoms with Gasteiger partial charge in [-0.05, 0) is 55.5 Å². The van der Waals surface area contributed by atoms with E-state index in [0.717, 1.165) is 11.3 Å². The summed E-state index contributed by atoms with van der Waals surface area (Å²) in [5, 5.41) is 0. The minimum absolute atomic E-state index is 0.00459. The van der Waals surface area contributed by atoms with E-state index in [4.69, 9.17) is 19.3 Å². The summed E-state index contributed by atoms with van der Waals surface area (Å²) in [6.07, 6.45) is 0. The molecule has 0 radical (unpaired) electrons. The Labute approximate surface area is 221 Å². The second-order valence-electron chi connectivity index (χ2n) is 14.2. The van der Waals surface area contributed by atoms with Gasteiger partial charge in [-0.2, -0.15) is 0 Å². The number of rotatable bonds is 3. The third-order valence-electron chi connectivity index (χ3n) is 6.77. The van der Waals surface area contributed by atoms with Crippen LogP contribution in [-0.2, 0) is 37.3 Å². The van der Waals surface area contributed by atoms with E-state index in [1.54, 1.807) is 0 Å². The fourth-order valence-corrected chi connectivity index (χ4v) is 5.51. The van der Waals surface area contributed by atoms with Crippen LogP contribution in [0.4, 0.5) is 0 Å². The highest BCUT2D eigenvalue weighted by Gasteiger charge is 2.34. The Bertz CT molecular complexity index is 1100. The number of fused-ring (bicyclic) bond motifs is 3. The van der Waals surface area contributed by atoms with Crippen molar-refractivity contribution in [2.24, 2.45) is 5.73 Å². The molecule has 1 unspecified atom stereocenters. The molecule has 200 valence electrons. The van der Waals surface area contributed by atoms with Crippen molar-refractivity contribution in [3.63, 3.8) is 0 Å². The first-order valence-corrected chi connectivity index (χ1v) is 14.2. The molecule has 0 bridgehead atoms. The van der Waals surface area contributed by atoms with E-state index in [1.807, 2.05) is 0 Å². The molecule has 0 aromatic heterocycles. The highest BCUT2D eigenvalue weighted by atomic mass is 31.2. The van der Waals surface area contributed by atoms with Crippen LogP contribution in [0, 0.1) is 0 Å². The normalized spacial score (nSPS) is 17.1. The van der Waals surface area contributed by atoms with Crippen molar-refractivity contribution in [3.8, 4) is 16.9 Å². The summed E-state index contributed by atoms with van der Waals surface area (Å²) in [5.74, 6) is 0.866. The van der Waals surface area contributed by atoms with Gasteiger partial charge in [0.15, 0.2) is 0 Å². The Kier molecular flexibility index (Phi) is 8.11. The predicted molar refractivity (Wildman–Crippen MR) is 154 cm³/mol. The van der Waals surface area contributed by atoms with Gasteiger partial charge in [-0.1, -0.05) is 101 Å². The first-order chi connectivity index (χ1) is 16.3. The van der Waals surface area contributed by atoms with Crippen LogP contribution in [0.3, 0.4) is 0 Å². The monoisotopic (exact) mass is 513 g/mol. The van der Waals surface area contributed by atoms with E-state index in [-0.39, 0.29) is 21.7 Å². The molecule has 1 aliphatic rings. The minimum atomic E-state index is -1.59. The molecule has 1 heterocycles. The molecule has 0 saturated heterocycles. The average molecular weight is 514 g/mol. The maximum Gasteiger partial charge on any atom is 0.397 e. The molecule has 2 N–H and O–H groups in total. The summed E-state index contributed by atoms with van der Waals surface area (Å²) < 4.78 is 19.0. The van der Waals surface area contributed by atoms with Crippen molar-refractivity contribution in [2.75, 3.05) is 13.2 Å². The smallest absolute Gasteiger partial charge is 0.397 e. The van der Waals surface area contributed by atoms with Gasteiger partial charge >= 0.3 is 8.60 Å². The lowest BCUT2D eigenvalue weighted by Gasteiger charge is -2.35. The van der Waals surface area contributed by atoms with Crippen LogP contribution in [0.1, 0.15) is 111 Å². The van der Waals surface area contributed by atoms with Gasteiger partial charge < -0.3 is 14.8 Å². The fraction of sp³-hybridized carbons (Fsp3) is 0.613. The number of hydrogen-bond acceptors (Lipinski definition) is 4. The van der Waals surface area contributed by atoms with Gasteiger partial charge in [0.25, 0.3) is 0 Å². The van der Waals surface area contributed by atoms with Gasteiger partial charge in [0, 0.05) is 17.7 Å². The maximum atomic E-state index is 6.64. The van der Waals surface area contributed by atoms with Gasteiger partial charge in [-0.25, -0.2) is 0 Å². The van der Waals surface area contributed by atoms with Crippen LogP contribution in [-0.4, -0.2) is 13.2 Å². The maximum absolute atomic E-state index is 6.64. The Morgan fingerprint density at radius 2 is 1.22 bits per heavy atom. The van der Waals surface area contributed by atoms with Crippen molar-refractivity contribution in [1.82, 2.24) is 0 Å². The van der Waals surface area contributed by atoms with Crippen LogP contribution in [0.2, 0.25) is 0 Å². The minimum Gasteiger partial charge on any atom is -0.426 e. The van der Waals surface area contributed by atoms with E-state index in [2.05, 4.69) is 107 Å². The summed E-state index contributed by atoms with van der Waals surface area (Å²) in [5.41, 5.74) is 14.2.